The first kappa shape index (κ1) is 20.2. The number of carboxylic acids is 1. The maximum Gasteiger partial charge on any atom is 0.335 e. The van der Waals surface area contributed by atoms with E-state index in [1.54, 1.807) is 12.1 Å². The summed E-state index contributed by atoms with van der Waals surface area (Å²) in [4.78, 5) is 11.7. The highest BCUT2D eigenvalue weighted by molar-refractivity contribution is 5.92. The Hall–Kier alpha value is -4.44. The van der Waals surface area contributed by atoms with E-state index in [9.17, 15) is 9.90 Å². The van der Waals surface area contributed by atoms with E-state index in [-0.39, 0.29) is 0 Å². The van der Waals surface area contributed by atoms with E-state index in [0.29, 0.717) is 18.7 Å². The van der Waals surface area contributed by atoms with Crippen molar-refractivity contribution in [3.8, 4) is 0 Å². The molecule has 4 heteroatoms. The number of hydrogen-bond donors (Lipinski definition) is 1. The Morgan fingerprint density at radius 3 is 2.00 bits per heavy atom. The molecule has 6 rings (SSSR count). The summed E-state index contributed by atoms with van der Waals surface area (Å²) in [5.41, 5.74) is 4.60. The van der Waals surface area contributed by atoms with E-state index in [4.69, 9.17) is 0 Å². The quantitative estimate of drug-likeness (QED) is 0.331. The highest BCUT2D eigenvalue weighted by Gasteiger charge is 2.19. The molecule has 0 spiro atoms. The maximum atomic E-state index is 11.7. The third-order valence-corrected chi connectivity index (χ3v) is 6.45. The van der Waals surface area contributed by atoms with Gasteiger partial charge in [0.15, 0.2) is 11.0 Å². The van der Waals surface area contributed by atoms with Gasteiger partial charge >= 0.3 is 5.97 Å². The van der Waals surface area contributed by atoms with Crippen LogP contribution in [-0.2, 0) is 13.1 Å². The minimum atomic E-state index is -0.915. The summed E-state index contributed by atoms with van der Waals surface area (Å²) in [6.07, 6.45) is 2.10. The predicted molar refractivity (Wildman–Crippen MR) is 135 cm³/mol. The van der Waals surface area contributed by atoms with E-state index in [2.05, 4.69) is 88.3 Å². The molecule has 1 aromatic heterocycles. The Balaban J connectivity index is 1.43. The molecular weight excluding hydrogens is 420 g/mol. The van der Waals surface area contributed by atoms with Crippen molar-refractivity contribution < 1.29 is 14.5 Å². The Morgan fingerprint density at radius 2 is 1.32 bits per heavy atom. The zero-order valence-corrected chi connectivity index (χ0v) is 18.6. The zero-order valence-electron chi connectivity index (χ0n) is 18.6. The van der Waals surface area contributed by atoms with Crippen LogP contribution < -0.4 is 4.57 Å². The number of rotatable bonds is 5. The minimum Gasteiger partial charge on any atom is -0.478 e. The molecule has 0 aliphatic heterocycles. The summed E-state index contributed by atoms with van der Waals surface area (Å²) < 4.78 is 4.35. The molecule has 0 amide bonds. The SMILES string of the molecule is O=C(O)c1ccc2c(c1)n(Cc1ccc3ccccc3c1)c[n+]2Cc1ccc2ccccc2c1. The number of fused-ring (bicyclic) bond motifs is 3. The first-order valence-corrected chi connectivity index (χ1v) is 11.3. The summed E-state index contributed by atoms with van der Waals surface area (Å²) in [5, 5.41) is 14.4. The van der Waals surface area contributed by atoms with Gasteiger partial charge in [0, 0.05) is 6.07 Å². The number of nitrogens with zero attached hydrogens (tertiary/aromatic N) is 2. The largest absolute Gasteiger partial charge is 0.478 e. The first-order chi connectivity index (χ1) is 16.6. The predicted octanol–water partition coefficient (Wildman–Crippen LogP) is 6.03. The van der Waals surface area contributed by atoms with Crippen LogP contribution >= 0.6 is 0 Å². The number of imidazole rings is 1. The molecule has 0 aliphatic rings. The van der Waals surface area contributed by atoms with Gasteiger partial charge < -0.3 is 5.11 Å². The van der Waals surface area contributed by atoms with Crippen molar-refractivity contribution in [2.45, 2.75) is 13.1 Å². The highest BCUT2D eigenvalue weighted by atomic mass is 16.4. The molecule has 0 fully saturated rings. The molecule has 34 heavy (non-hydrogen) atoms. The van der Waals surface area contributed by atoms with Crippen LogP contribution in [0.15, 0.2) is 109 Å². The smallest absolute Gasteiger partial charge is 0.335 e. The van der Waals surface area contributed by atoms with E-state index in [1.807, 2.05) is 18.2 Å². The van der Waals surface area contributed by atoms with Crippen molar-refractivity contribution in [2.24, 2.45) is 0 Å². The molecule has 4 nitrogen and oxygen atoms in total. The van der Waals surface area contributed by atoms with Gasteiger partial charge in [-0.2, -0.15) is 0 Å². The van der Waals surface area contributed by atoms with Gasteiger partial charge in [-0.1, -0.05) is 72.8 Å². The highest BCUT2D eigenvalue weighted by Crippen LogP contribution is 2.21. The van der Waals surface area contributed by atoms with E-state index >= 15 is 0 Å². The lowest BCUT2D eigenvalue weighted by molar-refractivity contribution is -0.663. The summed E-state index contributed by atoms with van der Waals surface area (Å²) in [6, 6.07) is 35.1. The van der Waals surface area contributed by atoms with Crippen LogP contribution in [-0.4, -0.2) is 15.6 Å². The van der Waals surface area contributed by atoms with Crippen molar-refractivity contribution in [1.82, 2.24) is 4.57 Å². The Labute approximate surface area is 196 Å². The molecule has 0 atom stereocenters. The van der Waals surface area contributed by atoms with Crippen LogP contribution in [0.25, 0.3) is 32.6 Å². The third-order valence-electron chi connectivity index (χ3n) is 6.45. The number of carbonyl (C=O) groups is 1. The van der Waals surface area contributed by atoms with Crippen LogP contribution in [0.1, 0.15) is 21.5 Å². The molecule has 164 valence electrons. The van der Waals surface area contributed by atoms with Crippen molar-refractivity contribution in [3.63, 3.8) is 0 Å². The van der Waals surface area contributed by atoms with Crippen molar-refractivity contribution >= 4 is 38.5 Å². The minimum absolute atomic E-state index is 0.295. The third kappa shape index (κ3) is 3.69. The molecule has 0 radical (unpaired) electrons. The second kappa shape index (κ2) is 8.16. The standard InChI is InChI=1S/C30H22N2O2/c33-30(34)27-13-14-28-29(17-27)32(19-22-10-12-24-6-2-4-8-26(24)16-22)20-31(28)18-21-9-11-23-5-1-3-7-25(23)15-21/h1-17,20H,18-19H2/p+1. The molecular formula is C30H23N2O2+. The van der Waals surface area contributed by atoms with Crippen molar-refractivity contribution in [3.05, 3.63) is 126 Å². The molecule has 0 unspecified atom stereocenters. The summed E-state index contributed by atoms with van der Waals surface area (Å²) >= 11 is 0. The maximum absolute atomic E-state index is 11.7. The molecule has 0 saturated carbocycles. The fourth-order valence-electron chi connectivity index (χ4n) is 4.74. The van der Waals surface area contributed by atoms with Crippen molar-refractivity contribution in [1.29, 1.82) is 0 Å². The van der Waals surface area contributed by atoms with Gasteiger partial charge in [0.05, 0.1) is 5.56 Å². The van der Waals surface area contributed by atoms with Gasteiger partial charge in [-0.15, -0.1) is 0 Å². The van der Waals surface area contributed by atoms with Gasteiger partial charge in [-0.25, -0.2) is 13.9 Å². The van der Waals surface area contributed by atoms with E-state index in [0.717, 1.165) is 11.0 Å². The number of benzene rings is 5. The number of hydrogen-bond acceptors (Lipinski definition) is 1. The fraction of sp³-hybridized carbons (Fsp3) is 0.0667. The summed E-state index contributed by atoms with van der Waals surface area (Å²) in [5.74, 6) is -0.915. The average molecular weight is 444 g/mol. The lowest BCUT2D eigenvalue weighted by Crippen LogP contribution is -2.32. The number of aromatic carboxylic acids is 1. The average Bonchev–Trinajstić information content (AvgIpc) is 3.20. The molecule has 1 heterocycles. The molecule has 0 bridgehead atoms. The second-order valence-electron chi connectivity index (χ2n) is 8.74. The monoisotopic (exact) mass is 443 g/mol. The van der Waals surface area contributed by atoms with Gasteiger partial charge in [-0.3, -0.25) is 0 Å². The Morgan fingerprint density at radius 1 is 0.706 bits per heavy atom. The van der Waals surface area contributed by atoms with E-state index in [1.165, 1.54) is 32.7 Å². The zero-order chi connectivity index (χ0) is 23.1. The van der Waals surface area contributed by atoms with Gasteiger partial charge in [0.25, 0.3) is 0 Å². The van der Waals surface area contributed by atoms with Crippen LogP contribution in [0.5, 0.6) is 0 Å². The molecule has 0 saturated heterocycles. The summed E-state index contributed by atoms with van der Waals surface area (Å²) in [7, 11) is 0. The normalized spacial score (nSPS) is 11.4. The number of carboxylic acid groups (broad SMARTS) is 1. The van der Waals surface area contributed by atoms with Crippen LogP contribution in [0.4, 0.5) is 0 Å². The lowest BCUT2D eigenvalue weighted by atomic mass is 10.1. The topological polar surface area (TPSA) is 46.1 Å². The first-order valence-electron chi connectivity index (χ1n) is 11.3. The second-order valence-corrected chi connectivity index (χ2v) is 8.74. The Bertz CT molecular complexity index is 1700. The molecule has 5 aromatic carbocycles. The molecule has 6 aromatic rings. The Kier molecular flexibility index (Phi) is 4.84. The number of aromatic nitrogens is 2. The van der Waals surface area contributed by atoms with E-state index < -0.39 is 5.97 Å². The van der Waals surface area contributed by atoms with Crippen LogP contribution in [0.2, 0.25) is 0 Å². The fourth-order valence-corrected chi connectivity index (χ4v) is 4.74. The van der Waals surface area contributed by atoms with Crippen LogP contribution in [0.3, 0.4) is 0 Å². The van der Waals surface area contributed by atoms with Crippen molar-refractivity contribution in [2.75, 3.05) is 0 Å². The van der Waals surface area contributed by atoms with Gasteiger partial charge in [-0.05, 0) is 56.9 Å². The molecule has 1 N–H and O–H groups in total. The molecule has 0 aliphatic carbocycles. The lowest BCUT2D eigenvalue weighted by Gasteiger charge is -2.03. The van der Waals surface area contributed by atoms with Gasteiger partial charge in [0.1, 0.15) is 13.1 Å². The summed E-state index contributed by atoms with van der Waals surface area (Å²) in [6.45, 7) is 1.37. The van der Waals surface area contributed by atoms with Gasteiger partial charge in [0.2, 0.25) is 6.33 Å². The van der Waals surface area contributed by atoms with Crippen LogP contribution in [0, 0.1) is 0 Å².